The van der Waals surface area contributed by atoms with Crippen LogP contribution in [0.5, 0.6) is 0 Å². The molecule has 1 aromatic carbocycles. The quantitative estimate of drug-likeness (QED) is 0.565. The van der Waals surface area contributed by atoms with E-state index in [2.05, 4.69) is 34.2 Å². The maximum Gasteiger partial charge on any atom is 0.0964 e. The van der Waals surface area contributed by atoms with E-state index >= 15 is 0 Å². The van der Waals surface area contributed by atoms with E-state index in [1.54, 1.807) is 12.4 Å². The number of aromatic nitrogens is 2. The summed E-state index contributed by atoms with van der Waals surface area (Å²) in [7, 11) is 0. The van der Waals surface area contributed by atoms with Crippen molar-refractivity contribution >= 4 is 21.8 Å². The maximum absolute atomic E-state index is 4.35. The topological polar surface area (TPSA) is 25.8 Å². The Hall–Kier alpha value is -1.27. The fourth-order valence-electron chi connectivity index (χ4n) is 1.68. The zero-order valence-electron chi connectivity index (χ0n) is 7.83. The molecule has 0 saturated carbocycles. The van der Waals surface area contributed by atoms with Crippen LogP contribution in [0.3, 0.4) is 0 Å². The Labute approximate surface area is 102 Å². The predicted molar refractivity (Wildman–Crippen MR) is 57.0 cm³/mol. The summed E-state index contributed by atoms with van der Waals surface area (Å²) < 4.78 is 0. The second-order valence-corrected chi connectivity index (χ2v) is 3.22. The fraction of sp³-hybridized carbons (Fsp3) is 0. The van der Waals surface area contributed by atoms with E-state index in [1.807, 2.05) is 12.1 Å². The van der Waals surface area contributed by atoms with Crippen LogP contribution in [0.25, 0.3) is 21.8 Å². The third-order valence-electron chi connectivity index (χ3n) is 2.34. The molecule has 3 aromatic rings. The van der Waals surface area contributed by atoms with E-state index in [0.29, 0.717) is 0 Å². The molecule has 3 heteroatoms. The van der Waals surface area contributed by atoms with Crippen molar-refractivity contribution in [2.75, 3.05) is 0 Å². The van der Waals surface area contributed by atoms with Crippen molar-refractivity contribution in [2.45, 2.75) is 0 Å². The third kappa shape index (κ3) is 1.66. The minimum atomic E-state index is 0. The van der Waals surface area contributed by atoms with Gasteiger partial charge in [-0.05, 0) is 12.1 Å². The summed E-state index contributed by atoms with van der Waals surface area (Å²) in [5.74, 6) is 0. The van der Waals surface area contributed by atoms with Gasteiger partial charge in [-0.25, -0.2) is 0 Å². The predicted octanol–water partition coefficient (Wildman–Crippen LogP) is 2.78. The summed E-state index contributed by atoms with van der Waals surface area (Å²) in [4.78, 5) is 8.69. The SMILES string of the molecule is [Pt].c1cnc2c(c1)ccc1cccnc12. The molecular weight excluding hydrogens is 367 g/mol. The molecular formula is C12H8N2Pt. The Morgan fingerprint density at radius 3 is 1.60 bits per heavy atom. The minimum Gasteiger partial charge on any atom is -0.254 e. The van der Waals surface area contributed by atoms with Crippen LogP contribution in [0.4, 0.5) is 0 Å². The van der Waals surface area contributed by atoms with Gasteiger partial charge in [-0.15, -0.1) is 0 Å². The van der Waals surface area contributed by atoms with Crippen molar-refractivity contribution in [3.63, 3.8) is 0 Å². The number of pyridine rings is 2. The van der Waals surface area contributed by atoms with Gasteiger partial charge in [0.15, 0.2) is 0 Å². The zero-order chi connectivity index (χ0) is 9.38. The smallest absolute Gasteiger partial charge is 0.0964 e. The van der Waals surface area contributed by atoms with Crippen LogP contribution in [0.1, 0.15) is 0 Å². The van der Waals surface area contributed by atoms with Crippen LogP contribution >= 0.6 is 0 Å². The van der Waals surface area contributed by atoms with Crippen LogP contribution in [-0.4, -0.2) is 9.97 Å². The van der Waals surface area contributed by atoms with E-state index in [9.17, 15) is 0 Å². The van der Waals surface area contributed by atoms with Gasteiger partial charge in [0.2, 0.25) is 0 Å². The zero-order valence-corrected chi connectivity index (χ0v) is 10.1. The van der Waals surface area contributed by atoms with Crippen molar-refractivity contribution in [3.05, 3.63) is 48.8 Å². The van der Waals surface area contributed by atoms with Gasteiger partial charge in [-0.2, -0.15) is 0 Å². The molecule has 2 nitrogen and oxygen atoms in total. The Balaban J connectivity index is 0.000000853. The van der Waals surface area contributed by atoms with Gasteiger partial charge >= 0.3 is 0 Å². The number of nitrogens with zero attached hydrogens (tertiary/aromatic N) is 2. The fourth-order valence-corrected chi connectivity index (χ4v) is 1.68. The molecule has 3 rings (SSSR count). The molecule has 0 aliphatic heterocycles. The molecule has 0 bridgehead atoms. The van der Waals surface area contributed by atoms with Gasteiger partial charge in [0.05, 0.1) is 11.0 Å². The molecule has 2 aromatic heterocycles. The van der Waals surface area contributed by atoms with Crippen molar-refractivity contribution in [1.82, 2.24) is 9.97 Å². The molecule has 0 aliphatic carbocycles. The normalized spacial score (nSPS) is 10.1. The largest absolute Gasteiger partial charge is 0.254 e. The molecule has 0 spiro atoms. The van der Waals surface area contributed by atoms with Gasteiger partial charge in [-0.3, -0.25) is 9.97 Å². The molecule has 0 saturated heterocycles. The van der Waals surface area contributed by atoms with Crippen molar-refractivity contribution in [2.24, 2.45) is 0 Å². The van der Waals surface area contributed by atoms with Crippen LogP contribution in [-0.2, 0) is 21.1 Å². The van der Waals surface area contributed by atoms with Gasteiger partial charge < -0.3 is 0 Å². The maximum atomic E-state index is 4.35. The second-order valence-electron chi connectivity index (χ2n) is 3.22. The molecule has 0 radical (unpaired) electrons. The second kappa shape index (κ2) is 4.07. The number of rotatable bonds is 0. The van der Waals surface area contributed by atoms with Gasteiger partial charge in [0, 0.05) is 44.2 Å². The van der Waals surface area contributed by atoms with Crippen molar-refractivity contribution in [1.29, 1.82) is 0 Å². The molecule has 76 valence electrons. The van der Waals surface area contributed by atoms with Gasteiger partial charge in [0.25, 0.3) is 0 Å². The first kappa shape index (κ1) is 10.3. The summed E-state index contributed by atoms with van der Waals surface area (Å²) in [6.07, 6.45) is 3.60. The average molecular weight is 375 g/mol. The first-order valence-corrected chi connectivity index (χ1v) is 4.53. The molecule has 0 aliphatic rings. The van der Waals surface area contributed by atoms with E-state index in [-0.39, 0.29) is 21.1 Å². The Morgan fingerprint density at radius 2 is 1.13 bits per heavy atom. The van der Waals surface area contributed by atoms with Gasteiger partial charge in [0.1, 0.15) is 0 Å². The summed E-state index contributed by atoms with van der Waals surface area (Å²) in [5.41, 5.74) is 1.95. The Kier molecular flexibility index (Phi) is 2.79. The van der Waals surface area contributed by atoms with E-state index in [4.69, 9.17) is 0 Å². The van der Waals surface area contributed by atoms with Gasteiger partial charge in [-0.1, -0.05) is 24.3 Å². The molecule has 0 atom stereocenters. The number of benzene rings is 1. The first-order valence-electron chi connectivity index (χ1n) is 4.53. The van der Waals surface area contributed by atoms with Crippen LogP contribution in [0.2, 0.25) is 0 Å². The monoisotopic (exact) mass is 375 g/mol. The molecule has 2 heterocycles. The average Bonchev–Trinajstić information content (AvgIpc) is 2.29. The minimum absolute atomic E-state index is 0. The molecule has 0 unspecified atom stereocenters. The van der Waals surface area contributed by atoms with Crippen LogP contribution in [0, 0.1) is 0 Å². The van der Waals surface area contributed by atoms with E-state index < -0.39 is 0 Å². The van der Waals surface area contributed by atoms with Crippen LogP contribution < -0.4 is 0 Å². The Morgan fingerprint density at radius 1 is 0.667 bits per heavy atom. The van der Waals surface area contributed by atoms with Crippen molar-refractivity contribution < 1.29 is 21.1 Å². The molecule has 15 heavy (non-hydrogen) atoms. The number of hydrogen-bond donors (Lipinski definition) is 0. The molecule has 0 N–H and O–H groups in total. The third-order valence-corrected chi connectivity index (χ3v) is 2.34. The summed E-state index contributed by atoms with van der Waals surface area (Å²) in [5, 5.41) is 2.28. The summed E-state index contributed by atoms with van der Waals surface area (Å²) in [6.45, 7) is 0. The van der Waals surface area contributed by atoms with E-state index in [0.717, 1.165) is 21.8 Å². The standard InChI is InChI=1S/C12H8N2.Pt/c1-3-9-5-6-10-4-2-8-14-12(10)11(9)13-7-1;/h1-8H;. The first-order chi connectivity index (χ1) is 6.95. The summed E-state index contributed by atoms with van der Waals surface area (Å²) in [6, 6.07) is 12.1. The Bertz CT molecular complexity index is 553. The molecule has 0 amide bonds. The number of hydrogen-bond acceptors (Lipinski definition) is 2. The van der Waals surface area contributed by atoms with E-state index in [1.165, 1.54) is 0 Å². The number of fused-ring (bicyclic) bond motifs is 3. The van der Waals surface area contributed by atoms with Crippen molar-refractivity contribution in [3.8, 4) is 0 Å². The molecule has 0 fully saturated rings. The summed E-state index contributed by atoms with van der Waals surface area (Å²) >= 11 is 0. The van der Waals surface area contributed by atoms with Crippen LogP contribution in [0.15, 0.2) is 48.8 Å².